The molecule has 2 rings (SSSR count). The summed E-state index contributed by atoms with van der Waals surface area (Å²) in [7, 11) is 0. The van der Waals surface area contributed by atoms with Gasteiger partial charge < -0.3 is 10.1 Å². The summed E-state index contributed by atoms with van der Waals surface area (Å²) in [5.74, 6) is 0.542. The number of hydrogen-bond donors (Lipinski definition) is 2. The number of carbonyl (C=O) groups is 1. The number of benzene rings is 2. The molecule has 25 heavy (non-hydrogen) atoms. The topological polar surface area (TPSA) is 50.4 Å². The summed E-state index contributed by atoms with van der Waals surface area (Å²) in [6, 6.07) is 17.1. The monoisotopic (exact) mass is 354 g/mol. The molecule has 0 aliphatic heterocycles. The van der Waals surface area contributed by atoms with Crippen LogP contribution in [-0.4, -0.2) is 17.6 Å². The van der Waals surface area contributed by atoms with Gasteiger partial charge in [-0.3, -0.25) is 10.1 Å². The van der Waals surface area contributed by atoms with Gasteiger partial charge in [-0.2, -0.15) is 0 Å². The summed E-state index contributed by atoms with van der Waals surface area (Å²) < 4.78 is 5.61. The molecule has 0 heterocycles. The zero-order chi connectivity index (χ0) is 17.9. The first-order valence-corrected chi connectivity index (χ1v) is 8.66. The van der Waals surface area contributed by atoms with E-state index in [1.54, 1.807) is 6.08 Å². The first kappa shape index (κ1) is 18.7. The standard InChI is InChI=1S/C20H22N2O2S/c1-2-3-15-24-18-12-10-17(11-13-18)21-20(25)22-19(23)14-9-16-7-5-4-6-8-16/h4-14H,2-3,15H2,1H3,(H2,21,22,23,25). The Bertz CT molecular complexity index is 712. The molecule has 0 fully saturated rings. The fourth-order valence-corrected chi connectivity index (χ4v) is 2.24. The molecule has 0 bridgehead atoms. The van der Waals surface area contributed by atoms with Crippen LogP contribution in [0.1, 0.15) is 25.3 Å². The van der Waals surface area contributed by atoms with Gasteiger partial charge in [-0.1, -0.05) is 43.7 Å². The van der Waals surface area contributed by atoms with Crippen LogP contribution in [0.3, 0.4) is 0 Å². The molecule has 0 radical (unpaired) electrons. The molecule has 4 nitrogen and oxygen atoms in total. The third kappa shape index (κ3) is 7.18. The maximum atomic E-state index is 11.9. The van der Waals surface area contributed by atoms with Gasteiger partial charge in [-0.15, -0.1) is 0 Å². The Labute approximate surface area is 153 Å². The van der Waals surface area contributed by atoms with Crippen molar-refractivity contribution >= 4 is 35.0 Å². The summed E-state index contributed by atoms with van der Waals surface area (Å²) in [4.78, 5) is 11.9. The summed E-state index contributed by atoms with van der Waals surface area (Å²) in [5.41, 5.74) is 1.75. The van der Waals surface area contributed by atoms with E-state index in [2.05, 4.69) is 17.6 Å². The van der Waals surface area contributed by atoms with E-state index in [9.17, 15) is 4.79 Å². The fraction of sp³-hybridized carbons (Fsp3) is 0.200. The lowest BCUT2D eigenvalue weighted by molar-refractivity contribution is -0.115. The predicted molar refractivity (Wildman–Crippen MR) is 107 cm³/mol. The van der Waals surface area contributed by atoms with Crippen molar-refractivity contribution in [2.75, 3.05) is 11.9 Å². The third-order valence-corrected chi connectivity index (χ3v) is 3.55. The molecule has 0 unspecified atom stereocenters. The van der Waals surface area contributed by atoms with Gasteiger partial charge in [0.1, 0.15) is 5.75 Å². The highest BCUT2D eigenvalue weighted by Crippen LogP contribution is 2.16. The Balaban J connectivity index is 1.79. The molecule has 1 amide bonds. The van der Waals surface area contributed by atoms with Crippen LogP contribution < -0.4 is 15.4 Å². The third-order valence-electron chi connectivity index (χ3n) is 3.34. The highest BCUT2D eigenvalue weighted by atomic mass is 32.1. The largest absolute Gasteiger partial charge is 0.494 e. The van der Waals surface area contributed by atoms with Crippen molar-refractivity contribution < 1.29 is 9.53 Å². The van der Waals surface area contributed by atoms with Gasteiger partial charge in [-0.25, -0.2) is 0 Å². The lowest BCUT2D eigenvalue weighted by atomic mass is 10.2. The summed E-state index contributed by atoms with van der Waals surface area (Å²) in [5, 5.41) is 5.85. The number of thiocarbonyl (C=S) groups is 1. The fourth-order valence-electron chi connectivity index (χ4n) is 2.02. The Hall–Kier alpha value is -2.66. The molecule has 5 heteroatoms. The van der Waals surface area contributed by atoms with Gasteiger partial charge in [0.05, 0.1) is 6.61 Å². The van der Waals surface area contributed by atoms with Crippen LogP contribution in [0.25, 0.3) is 6.08 Å². The van der Waals surface area contributed by atoms with E-state index in [1.165, 1.54) is 6.08 Å². The van der Waals surface area contributed by atoms with Gasteiger partial charge in [0.2, 0.25) is 5.91 Å². The van der Waals surface area contributed by atoms with Crippen LogP contribution in [0, 0.1) is 0 Å². The normalized spacial score (nSPS) is 10.4. The maximum absolute atomic E-state index is 11.9. The predicted octanol–water partition coefficient (Wildman–Crippen LogP) is 4.39. The first-order chi connectivity index (χ1) is 12.2. The Morgan fingerprint density at radius 3 is 2.52 bits per heavy atom. The van der Waals surface area contributed by atoms with Crippen molar-refractivity contribution in [1.82, 2.24) is 5.32 Å². The van der Waals surface area contributed by atoms with Crippen LogP contribution >= 0.6 is 12.2 Å². The van der Waals surface area contributed by atoms with E-state index in [0.29, 0.717) is 6.61 Å². The number of anilines is 1. The van der Waals surface area contributed by atoms with Crippen LogP contribution in [0.2, 0.25) is 0 Å². The zero-order valence-corrected chi connectivity index (χ0v) is 15.0. The molecule has 0 saturated heterocycles. The van der Waals surface area contributed by atoms with E-state index in [0.717, 1.165) is 29.8 Å². The van der Waals surface area contributed by atoms with E-state index < -0.39 is 0 Å². The molecule has 2 aromatic carbocycles. The average molecular weight is 354 g/mol. The minimum atomic E-state index is -0.277. The van der Waals surface area contributed by atoms with Gasteiger partial charge in [0.25, 0.3) is 0 Å². The number of hydrogen-bond acceptors (Lipinski definition) is 3. The lowest BCUT2D eigenvalue weighted by Gasteiger charge is -2.09. The molecular formula is C20H22N2O2S. The number of ether oxygens (including phenoxy) is 1. The molecule has 2 aromatic rings. The van der Waals surface area contributed by atoms with Gasteiger partial charge in [0, 0.05) is 11.8 Å². The van der Waals surface area contributed by atoms with E-state index in [-0.39, 0.29) is 11.0 Å². The minimum Gasteiger partial charge on any atom is -0.494 e. The van der Waals surface area contributed by atoms with Gasteiger partial charge in [0.15, 0.2) is 5.11 Å². The number of nitrogens with one attached hydrogen (secondary N) is 2. The molecule has 130 valence electrons. The molecule has 0 saturated carbocycles. The van der Waals surface area contributed by atoms with Crippen molar-refractivity contribution in [1.29, 1.82) is 0 Å². The molecule has 0 spiro atoms. The van der Waals surface area contributed by atoms with E-state index in [1.807, 2.05) is 54.6 Å². The minimum absolute atomic E-state index is 0.252. The van der Waals surface area contributed by atoms with Crippen molar-refractivity contribution in [2.45, 2.75) is 19.8 Å². The second-order valence-corrected chi connectivity index (χ2v) is 5.82. The SMILES string of the molecule is CCCCOc1ccc(NC(=S)NC(=O)C=Cc2ccccc2)cc1. The van der Waals surface area contributed by atoms with E-state index >= 15 is 0 Å². The number of carbonyl (C=O) groups excluding carboxylic acids is 1. The molecular weight excluding hydrogens is 332 g/mol. The van der Waals surface area contributed by atoms with Crippen LogP contribution in [-0.2, 0) is 4.79 Å². The molecule has 0 atom stereocenters. The van der Waals surface area contributed by atoms with Crippen molar-refractivity contribution in [2.24, 2.45) is 0 Å². The Morgan fingerprint density at radius 2 is 1.84 bits per heavy atom. The quantitative estimate of drug-likeness (QED) is 0.440. The smallest absolute Gasteiger partial charge is 0.250 e. The lowest BCUT2D eigenvalue weighted by Crippen LogP contribution is -2.32. The highest BCUT2D eigenvalue weighted by Gasteiger charge is 2.02. The summed E-state index contributed by atoms with van der Waals surface area (Å²) in [6.45, 7) is 2.84. The van der Waals surface area contributed by atoms with Crippen molar-refractivity contribution in [3.05, 3.63) is 66.2 Å². The number of rotatable bonds is 7. The van der Waals surface area contributed by atoms with Crippen molar-refractivity contribution in [3.8, 4) is 5.75 Å². The van der Waals surface area contributed by atoms with Crippen molar-refractivity contribution in [3.63, 3.8) is 0 Å². The summed E-state index contributed by atoms with van der Waals surface area (Å²) in [6.07, 6.45) is 5.33. The Kier molecular flexibility index (Phi) is 7.66. The number of amides is 1. The van der Waals surface area contributed by atoms with E-state index in [4.69, 9.17) is 17.0 Å². The highest BCUT2D eigenvalue weighted by molar-refractivity contribution is 7.80. The second-order valence-electron chi connectivity index (χ2n) is 5.41. The molecule has 0 aliphatic carbocycles. The average Bonchev–Trinajstić information content (AvgIpc) is 2.62. The molecule has 0 aromatic heterocycles. The van der Waals surface area contributed by atoms with Gasteiger partial charge >= 0.3 is 0 Å². The zero-order valence-electron chi connectivity index (χ0n) is 14.2. The number of unbranched alkanes of at least 4 members (excludes halogenated alkanes) is 1. The van der Waals surface area contributed by atoms with Gasteiger partial charge in [-0.05, 0) is 54.5 Å². The maximum Gasteiger partial charge on any atom is 0.250 e. The molecule has 2 N–H and O–H groups in total. The summed E-state index contributed by atoms with van der Waals surface area (Å²) >= 11 is 5.15. The second kappa shape index (κ2) is 10.3. The van der Waals surface area contributed by atoms with Crippen LogP contribution in [0.4, 0.5) is 5.69 Å². The van der Waals surface area contributed by atoms with Crippen LogP contribution in [0.15, 0.2) is 60.7 Å². The Morgan fingerprint density at radius 1 is 1.12 bits per heavy atom. The van der Waals surface area contributed by atoms with Crippen LogP contribution in [0.5, 0.6) is 5.75 Å². The first-order valence-electron chi connectivity index (χ1n) is 8.25. The molecule has 0 aliphatic rings.